The van der Waals surface area contributed by atoms with E-state index in [1.165, 1.54) is 19.5 Å². The molecule has 0 saturated carbocycles. The van der Waals surface area contributed by atoms with Gasteiger partial charge in [0.25, 0.3) is 0 Å². The quantitative estimate of drug-likeness (QED) is 0.771. The molecule has 17 heavy (non-hydrogen) atoms. The van der Waals surface area contributed by atoms with Crippen LogP contribution in [0.1, 0.15) is 34.1 Å². The van der Waals surface area contributed by atoms with Crippen LogP contribution in [0.15, 0.2) is 0 Å². The summed E-state index contributed by atoms with van der Waals surface area (Å²) in [7, 11) is 1.80. The Bertz CT molecular complexity index is 213. The Labute approximate surface area is 107 Å². The molecule has 1 aliphatic heterocycles. The maximum atomic E-state index is 5.35. The molecule has 0 radical (unpaired) electrons. The first kappa shape index (κ1) is 14.9. The zero-order chi connectivity index (χ0) is 12.9. The topological polar surface area (TPSA) is 24.5 Å². The van der Waals surface area contributed by atoms with Gasteiger partial charge in [0, 0.05) is 26.2 Å². The van der Waals surface area contributed by atoms with Gasteiger partial charge in [0.15, 0.2) is 0 Å². The van der Waals surface area contributed by atoms with Crippen LogP contribution in [-0.2, 0) is 4.74 Å². The fourth-order valence-corrected chi connectivity index (χ4v) is 2.62. The largest absolute Gasteiger partial charge is 0.383 e. The third kappa shape index (κ3) is 4.57. The van der Waals surface area contributed by atoms with E-state index in [4.69, 9.17) is 4.74 Å². The second-order valence-electron chi connectivity index (χ2n) is 6.26. The SMILES string of the molecule is CCNCC(COC)N1CCC(C(C)(C)C)C1. The molecule has 0 aliphatic carbocycles. The second kappa shape index (κ2) is 6.72. The lowest BCUT2D eigenvalue weighted by molar-refractivity contribution is 0.0968. The summed E-state index contributed by atoms with van der Waals surface area (Å²) in [5.74, 6) is 0.823. The van der Waals surface area contributed by atoms with E-state index >= 15 is 0 Å². The molecule has 2 atom stereocenters. The van der Waals surface area contributed by atoms with Gasteiger partial charge in [-0.05, 0) is 30.8 Å². The first-order valence-corrected chi connectivity index (χ1v) is 6.92. The van der Waals surface area contributed by atoms with E-state index < -0.39 is 0 Å². The van der Waals surface area contributed by atoms with E-state index in [9.17, 15) is 0 Å². The molecule has 1 fully saturated rings. The Hall–Kier alpha value is -0.120. The fourth-order valence-electron chi connectivity index (χ4n) is 2.62. The van der Waals surface area contributed by atoms with Crippen molar-refractivity contribution < 1.29 is 4.74 Å². The van der Waals surface area contributed by atoms with Crippen LogP contribution in [0.2, 0.25) is 0 Å². The van der Waals surface area contributed by atoms with E-state index in [0.29, 0.717) is 11.5 Å². The lowest BCUT2D eigenvalue weighted by Crippen LogP contribution is -2.44. The summed E-state index contributed by atoms with van der Waals surface area (Å²) in [4.78, 5) is 2.60. The molecule has 102 valence electrons. The number of likely N-dealkylation sites (N-methyl/N-ethyl adjacent to an activating group) is 1. The number of hydrogen-bond donors (Lipinski definition) is 1. The minimum atomic E-state index is 0.435. The average Bonchev–Trinajstić information content (AvgIpc) is 2.72. The van der Waals surface area contributed by atoms with Gasteiger partial charge in [0.2, 0.25) is 0 Å². The van der Waals surface area contributed by atoms with Crippen LogP contribution in [0.25, 0.3) is 0 Å². The van der Waals surface area contributed by atoms with Crippen molar-refractivity contribution in [3.05, 3.63) is 0 Å². The molecular formula is C14H30N2O. The van der Waals surface area contributed by atoms with Gasteiger partial charge in [0.05, 0.1) is 6.61 Å². The minimum absolute atomic E-state index is 0.435. The predicted octanol–water partition coefficient (Wildman–Crippen LogP) is 1.98. The maximum Gasteiger partial charge on any atom is 0.0630 e. The standard InChI is InChI=1S/C14H30N2O/c1-6-15-9-13(11-17-5)16-8-7-12(10-16)14(2,3)4/h12-13,15H,6-11H2,1-5H3. The average molecular weight is 242 g/mol. The zero-order valence-corrected chi connectivity index (χ0v) is 12.3. The summed E-state index contributed by atoms with van der Waals surface area (Å²) in [6.07, 6.45) is 1.33. The smallest absolute Gasteiger partial charge is 0.0630 e. The van der Waals surface area contributed by atoms with Crippen LogP contribution in [0, 0.1) is 11.3 Å². The Morgan fingerprint density at radius 2 is 2.12 bits per heavy atom. The Morgan fingerprint density at radius 1 is 1.41 bits per heavy atom. The summed E-state index contributed by atoms with van der Waals surface area (Å²) in [5.41, 5.74) is 0.435. The van der Waals surface area contributed by atoms with E-state index in [1.807, 2.05) is 0 Å². The summed E-state index contributed by atoms with van der Waals surface area (Å²) >= 11 is 0. The van der Waals surface area contributed by atoms with E-state index in [0.717, 1.165) is 25.6 Å². The molecule has 1 aliphatic rings. The molecule has 0 spiro atoms. The molecule has 0 aromatic carbocycles. The third-order valence-electron chi connectivity index (χ3n) is 3.95. The van der Waals surface area contributed by atoms with Gasteiger partial charge in [-0.1, -0.05) is 27.7 Å². The minimum Gasteiger partial charge on any atom is -0.383 e. The van der Waals surface area contributed by atoms with Crippen LogP contribution in [0.5, 0.6) is 0 Å². The van der Waals surface area contributed by atoms with Gasteiger partial charge in [-0.2, -0.15) is 0 Å². The van der Waals surface area contributed by atoms with Crippen LogP contribution < -0.4 is 5.32 Å². The molecule has 1 rings (SSSR count). The van der Waals surface area contributed by atoms with Crippen molar-refractivity contribution in [2.75, 3.05) is 39.9 Å². The van der Waals surface area contributed by atoms with Crippen molar-refractivity contribution in [3.63, 3.8) is 0 Å². The monoisotopic (exact) mass is 242 g/mol. The van der Waals surface area contributed by atoms with Crippen molar-refractivity contribution in [1.82, 2.24) is 10.2 Å². The number of rotatable bonds is 6. The third-order valence-corrected chi connectivity index (χ3v) is 3.95. The highest BCUT2D eigenvalue weighted by Crippen LogP contribution is 2.34. The van der Waals surface area contributed by atoms with Gasteiger partial charge < -0.3 is 10.1 Å². The summed E-state index contributed by atoms with van der Waals surface area (Å²) in [6.45, 7) is 14.6. The molecule has 0 aromatic rings. The molecule has 3 nitrogen and oxygen atoms in total. The number of hydrogen-bond acceptors (Lipinski definition) is 3. The van der Waals surface area contributed by atoms with Crippen molar-refractivity contribution in [2.45, 2.75) is 40.2 Å². The normalized spacial score (nSPS) is 24.2. The Morgan fingerprint density at radius 3 is 2.59 bits per heavy atom. The highest BCUT2D eigenvalue weighted by molar-refractivity contribution is 4.87. The first-order valence-electron chi connectivity index (χ1n) is 6.92. The van der Waals surface area contributed by atoms with E-state index in [-0.39, 0.29) is 0 Å². The Kier molecular flexibility index (Phi) is 5.90. The van der Waals surface area contributed by atoms with Crippen LogP contribution in [0.3, 0.4) is 0 Å². The summed E-state index contributed by atoms with van der Waals surface area (Å²) < 4.78 is 5.35. The Balaban J connectivity index is 2.47. The number of likely N-dealkylation sites (tertiary alicyclic amines) is 1. The molecule has 1 heterocycles. The summed E-state index contributed by atoms with van der Waals surface area (Å²) in [5, 5.41) is 3.44. The molecule has 1 N–H and O–H groups in total. The zero-order valence-electron chi connectivity index (χ0n) is 12.3. The van der Waals surface area contributed by atoms with E-state index in [2.05, 4.69) is 37.9 Å². The lowest BCUT2D eigenvalue weighted by atomic mass is 9.80. The molecule has 0 amide bonds. The van der Waals surface area contributed by atoms with E-state index in [1.54, 1.807) is 7.11 Å². The van der Waals surface area contributed by atoms with Crippen LogP contribution >= 0.6 is 0 Å². The van der Waals surface area contributed by atoms with Gasteiger partial charge in [-0.25, -0.2) is 0 Å². The highest BCUT2D eigenvalue weighted by Gasteiger charge is 2.34. The van der Waals surface area contributed by atoms with Crippen molar-refractivity contribution >= 4 is 0 Å². The van der Waals surface area contributed by atoms with Gasteiger partial charge >= 0.3 is 0 Å². The van der Waals surface area contributed by atoms with Gasteiger partial charge in [-0.15, -0.1) is 0 Å². The molecule has 0 bridgehead atoms. The molecule has 0 aromatic heterocycles. The summed E-state index contributed by atoms with van der Waals surface area (Å²) in [6, 6.07) is 0.535. The predicted molar refractivity (Wildman–Crippen MR) is 73.3 cm³/mol. The van der Waals surface area contributed by atoms with Gasteiger partial charge in [-0.3, -0.25) is 4.90 Å². The maximum absolute atomic E-state index is 5.35. The van der Waals surface area contributed by atoms with Gasteiger partial charge in [0.1, 0.15) is 0 Å². The number of methoxy groups -OCH3 is 1. The number of nitrogens with one attached hydrogen (secondary N) is 1. The lowest BCUT2D eigenvalue weighted by Gasteiger charge is -2.30. The molecular weight excluding hydrogens is 212 g/mol. The second-order valence-corrected chi connectivity index (χ2v) is 6.26. The van der Waals surface area contributed by atoms with Crippen LogP contribution in [0.4, 0.5) is 0 Å². The molecule has 1 saturated heterocycles. The first-order chi connectivity index (χ1) is 7.99. The van der Waals surface area contributed by atoms with Crippen molar-refractivity contribution in [1.29, 1.82) is 0 Å². The molecule has 2 unspecified atom stereocenters. The van der Waals surface area contributed by atoms with Crippen molar-refractivity contribution in [2.24, 2.45) is 11.3 Å². The van der Waals surface area contributed by atoms with Crippen molar-refractivity contribution in [3.8, 4) is 0 Å². The molecule has 3 heteroatoms. The van der Waals surface area contributed by atoms with Crippen LogP contribution in [-0.4, -0.2) is 50.8 Å². The highest BCUT2D eigenvalue weighted by atomic mass is 16.5. The number of ether oxygens (including phenoxy) is 1. The number of nitrogens with zero attached hydrogens (tertiary/aromatic N) is 1. The fraction of sp³-hybridized carbons (Fsp3) is 1.00.